The smallest absolute Gasteiger partial charge is 0.254 e. The quantitative estimate of drug-likeness (QED) is 0.533. The number of hydrogen-bond donors (Lipinski definition) is 0. The highest BCUT2D eigenvalue weighted by molar-refractivity contribution is 6.34. The number of carbonyl (C=O) groups excluding carboxylic acids is 1. The summed E-state index contributed by atoms with van der Waals surface area (Å²) in [5, 5.41) is 0.440. The molecule has 0 bridgehead atoms. The van der Waals surface area contributed by atoms with Crippen LogP contribution in [0.1, 0.15) is 62.7 Å². The maximum absolute atomic E-state index is 11.9. The summed E-state index contributed by atoms with van der Waals surface area (Å²) in [5.41, 5.74) is 0.509. The van der Waals surface area contributed by atoms with E-state index in [0.29, 0.717) is 17.2 Å². The van der Waals surface area contributed by atoms with Gasteiger partial charge in [-0.05, 0) is 37.0 Å². The Morgan fingerprint density at radius 2 is 1.96 bits per heavy atom. The fourth-order valence-corrected chi connectivity index (χ4v) is 2.94. The van der Waals surface area contributed by atoms with E-state index in [2.05, 4.69) is 13.8 Å². The van der Waals surface area contributed by atoms with Crippen LogP contribution in [0.15, 0.2) is 18.2 Å². The number of unbranched alkanes of at least 4 members (excludes halogenated alkanes) is 1. The lowest BCUT2D eigenvalue weighted by molar-refractivity contribution is 0.0827. The zero-order chi connectivity index (χ0) is 17.2. The van der Waals surface area contributed by atoms with Crippen LogP contribution in [-0.2, 0) is 0 Å². The van der Waals surface area contributed by atoms with E-state index in [1.165, 1.54) is 37.0 Å². The second-order valence-electron chi connectivity index (χ2n) is 6.25. The minimum Gasteiger partial charge on any atom is -0.494 e. The molecule has 0 aromatic heterocycles. The molecule has 0 aliphatic heterocycles. The van der Waals surface area contributed by atoms with Gasteiger partial charge in [0.2, 0.25) is 0 Å². The van der Waals surface area contributed by atoms with E-state index in [1.807, 2.05) is 6.07 Å². The van der Waals surface area contributed by atoms with Crippen molar-refractivity contribution < 1.29 is 9.53 Å². The van der Waals surface area contributed by atoms with Gasteiger partial charge in [-0.25, -0.2) is 0 Å². The molecule has 0 heterocycles. The Kier molecular flexibility index (Phi) is 9.08. The number of nitrogens with zero attached hydrogens (tertiary/aromatic N) is 1. The van der Waals surface area contributed by atoms with Crippen molar-refractivity contribution in [2.45, 2.75) is 52.4 Å². The van der Waals surface area contributed by atoms with Crippen molar-refractivity contribution in [1.82, 2.24) is 4.90 Å². The van der Waals surface area contributed by atoms with Gasteiger partial charge in [0.1, 0.15) is 5.75 Å². The molecule has 1 aromatic carbocycles. The number of halogens is 1. The molecule has 1 amide bonds. The molecule has 0 saturated carbocycles. The Morgan fingerprint density at radius 1 is 1.22 bits per heavy atom. The van der Waals surface area contributed by atoms with Crippen molar-refractivity contribution >= 4 is 17.5 Å². The van der Waals surface area contributed by atoms with Gasteiger partial charge in [0.25, 0.3) is 5.91 Å². The van der Waals surface area contributed by atoms with Crippen LogP contribution in [0.2, 0.25) is 5.02 Å². The Labute approximate surface area is 146 Å². The van der Waals surface area contributed by atoms with Crippen LogP contribution in [0.4, 0.5) is 0 Å². The fraction of sp³-hybridized carbons (Fsp3) is 0.632. The van der Waals surface area contributed by atoms with Gasteiger partial charge in [-0.15, -0.1) is 0 Å². The van der Waals surface area contributed by atoms with Gasteiger partial charge in [0, 0.05) is 14.1 Å². The number of ether oxygens (including phenoxy) is 1. The monoisotopic (exact) mass is 339 g/mol. The lowest BCUT2D eigenvalue weighted by Gasteiger charge is -2.14. The maximum Gasteiger partial charge on any atom is 0.254 e. The van der Waals surface area contributed by atoms with E-state index < -0.39 is 0 Å². The molecular formula is C19H30ClNO2. The standard InChI is InChI=1S/C19H30ClNO2/c1-5-9-15(6-2)10-7-8-13-23-16-11-12-17(18(20)14-16)19(22)21(3)4/h11-12,14-15H,5-10,13H2,1-4H3. The Hall–Kier alpha value is -1.22. The van der Waals surface area contributed by atoms with Gasteiger partial charge < -0.3 is 9.64 Å². The average Bonchev–Trinajstić information content (AvgIpc) is 2.53. The predicted octanol–water partition coefficient (Wildman–Crippen LogP) is 5.42. The molecule has 3 nitrogen and oxygen atoms in total. The van der Waals surface area contributed by atoms with Crippen molar-refractivity contribution in [2.75, 3.05) is 20.7 Å². The van der Waals surface area contributed by atoms with Crippen LogP contribution in [0, 0.1) is 5.92 Å². The van der Waals surface area contributed by atoms with Gasteiger partial charge >= 0.3 is 0 Å². The van der Waals surface area contributed by atoms with E-state index in [1.54, 1.807) is 26.2 Å². The number of amides is 1. The molecule has 0 N–H and O–H groups in total. The third-order valence-electron chi connectivity index (χ3n) is 4.13. The number of hydrogen-bond acceptors (Lipinski definition) is 2. The highest BCUT2D eigenvalue weighted by atomic mass is 35.5. The highest BCUT2D eigenvalue weighted by Crippen LogP contribution is 2.24. The summed E-state index contributed by atoms with van der Waals surface area (Å²) in [5.74, 6) is 1.49. The van der Waals surface area contributed by atoms with Crippen molar-refractivity contribution in [3.63, 3.8) is 0 Å². The third kappa shape index (κ3) is 6.82. The zero-order valence-corrected chi connectivity index (χ0v) is 15.7. The Balaban J connectivity index is 2.38. The SMILES string of the molecule is CCCC(CC)CCCCOc1ccc(C(=O)N(C)C)c(Cl)c1. The number of carbonyl (C=O) groups is 1. The van der Waals surface area contributed by atoms with Crippen molar-refractivity contribution in [3.05, 3.63) is 28.8 Å². The first-order chi connectivity index (χ1) is 11.0. The minimum atomic E-state index is -0.0944. The molecule has 0 aliphatic carbocycles. The van der Waals surface area contributed by atoms with E-state index in [0.717, 1.165) is 18.1 Å². The minimum absolute atomic E-state index is 0.0944. The van der Waals surface area contributed by atoms with Gasteiger partial charge in [-0.3, -0.25) is 4.79 Å². The van der Waals surface area contributed by atoms with E-state index >= 15 is 0 Å². The first kappa shape index (κ1) is 19.8. The van der Waals surface area contributed by atoms with Crippen LogP contribution in [-0.4, -0.2) is 31.5 Å². The normalized spacial score (nSPS) is 12.0. The van der Waals surface area contributed by atoms with Crippen LogP contribution < -0.4 is 4.74 Å². The summed E-state index contributed by atoms with van der Waals surface area (Å²) in [6.45, 7) is 5.22. The van der Waals surface area contributed by atoms with E-state index in [4.69, 9.17) is 16.3 Å². The fourth-order valence-electron chi connectivity index (χ4n) is 2.69. The summed E-state index contributed by atoms with van der Waals surface area (Å²) >= 11 is 6.18. The largest absolute Gasteiger partial charge is 0.494 e. The Morgan fingerprint density at radius 3 is 2.52 bits per heavy atom. The number of rotatable bonds is 10. The number of benzene rings is 1. The molecule has 1 aromatic rings. The molecule has 0 aliphatic rings. The lowest BCUT2D eigenvalue weighted by atomic mass is 9.95. The first-order valence-electron chi connectivity index (χ1n) is 8.63. The molecule has 1 unspecified atom stereocenters. The van der Waals surface area contributed by atoms with Crippen LogP contribution in [0.5, 0.6) is 5.75 Å². The van der Waals surface area contributed by atoms with Gasteiger partial charge in [-0.1, -0.05) is 51.1 Å². The van der Waals surface area contributed by atoms with Crippen LogP contribution in [0.3, 0.4) is 0 Å². The molecule has 130 valence electrons. The highest BCUT2D eigenvalue weighted by Gasteiger charge is 2.13. The maximum atomic E-state index is 11.9. The molecular weight excluding hydrogens is 310 g/mol. The lowest BCUT2D eigenvalue weighted by Crippen LogP contribution is -2.21. The molecule has 23 heavy (non-hydrogen) atoms. The molecule has 0 fully saturated rings. The van der Waals surface area contributed by atoms with Crippen LogP contribution in [0.25, 0.3) is 0 Å². The average molecular weight is 340 g/mol. The molecule has 1 rings (SSSR count). The molecule has 0 radical (unpaired) electrons. The molecule has 0 spiro atoms. The molecule has 0 saturated heterocycles. The summed E-state index contributed by atoms with van der Waals surface area (Å²) in [4.78, 5) is 13.4. The summed E-state index contributed by atoms with van der Waals surface area (Å²) < 4.78 is 5.75. The van der Waals surface area contributed by atoms with E-state index in [-0.39, 0.29) is 5.91 Å². The van der Waals surface area contributed by atoms with Gasteiger partial charge in [0.15, 0.2) is 0 Å². The van der Waals surface area contributed by atoms with Crippen LogP contribution >= 0.6 is 11.6 Å². The Bertz CT molecular complexity index is 488. The summed E-state index contributed by atoms with van der Waals surface area (Å²) in [6, 6.07) is 5.27. The topological polar surface area (TPSA) is 29.5 Å². The zero-order valence-electron chi connectivity index (χ0n) is 14.9. The molecule has 1 atom stereocenters. The second kappa shape index (κ2) is 10.5. The third-order valence-corrected chi connectivity index (χ3v) is 4.44. The van der Waals surface area contributed by atoms with Gasteiger partial charge in [0.05, 0.1) is 17.2 Å². The second-order valence-corrected chi connectivity index (χ2v) is 6.66. The van der Waals surface area contributed by atoms with E-state index in [9.17, 15) is 4.79 Å². The predicted molar refractivity (Wildman–Crippen MR) is 97.5 cm³/mol. The van der Waals surface area contributed by atoms with Gasteiger partial charge in [-0.2, -0.15) is 0 Å². The molecule has 4 heteroatoms. The summed E-state index contributed by atoms with van der Waals surface area (Å²) in [6.07, 6.45) is 7.40. The van der Waals surface area contributed by atoms with Crippen molar-refractivity contribution in [2.24, 2.45) is 5.92 Å². The first-order valence-corrected chi connectivity index (χ1v) is 9.01. The van der Waals surface area contributed by atoms with Crippen molar-refractivity contribution in [3.8, 4) is 5.75 Å². The van der Waals surface area contributed by atoms with Crippen molar-refractivity contribution in [1.29, 1.82) is 0 Å². The summed E-state index contributed by atoms with van der Waals surface area (Å²) in [7, 11) is 3.43.